The molecular formula is C37H33ClF4N8O4S2. The minimum Gasteiger partial charge on any atom is -0.353 e. The van der Waals surface area contributed by atoms with Crippen LogP contribution in [0.4, 0.5) is 23.4 Å². The van der Waals surface area contributed by atoms with E-state index in [1.54, 1.807) is 31.2 Å². The maximum atomic E-state index is 14.1. The summed E-state index contributed by atoms with van der Waals surface area (Å²) in [4.78, 5) is 43.3. The highest BCUT2D eigenvalue weighted by molar-refractivity contribution is 7.89. The summed E-state index contributed by atoms with van der Waals surface area (Å²) in [6.07, 6.45) is 0.723. The number of rotatable bonds is 10. The minimum absolute atomic E-state index is 0.00236. The number of benzene rings is 1. The molecule has 0 unspecified atom stereocenters. The number of carbonyl (C=O) groups excluding carboxylic acids is 1. The number of amides is 1. The fourth-order valence-electron chi connectivity index (χ4n) is 6.75. The molecule has 1 saturated heterocycles. The topological polar surface area (TPSA) is 154 Å². The molecule has 0 atom stereocenters. The van der Waals surface area contributed by atoms with E-state index in [0.29, 0.717) is 57.1 Å². The molecule has 4 aromatic heterocycles. The number of carbonyl (C=O) groups is 1. The first-order valence-corrected chi connectivity index (χ1v) is 20.3. The van der Waals surface area contributed by atoms with E-state index in [4.69, 9.17) is 11.6 Å². The second kappa shape index (κ2) is 16.1. The van der Waals surface area contributed by atoms with Gasteiger partial charge in [0.05, 0.1) is 52.2 Å². The number of pyridine rings is 2. The molecule has 6 rings (SSSR count). The summed E-state index contributed by atoms with van der Waals surface area (Å²) in [5.41, 5.74) is 1.84. The first-order valence-electron chi connectivity index (χ1n) is 17.1. The Morgan fingerprint density at radius 1 is 1.20 bits per heavy atom. The van der Waals surface area contributed by atoms with Gasteiger partial charge in [-0.3, -0.25) is 24.0 Å². The lowest BCUT2D eigenvalue weighted by Crippen LogP contribution is -2.49. The number of thiophene rings is 1. The van der Waals surface area contributed by atoms with Crippen molar-refractivity contribution in [1.29, 1.82) is 5.26 Å². The van der Waals surface area contributed by atoms with Crippen molar-refractivity contribution in [1.82, 2.24) is 29.1 Å². The maximum Gasteiger partial charge on any atom is 0.319 e. The first kappa shape index (κ1) is 40.5. The number of nitriles is 1. The number of sulfonamides is 1. The van der Waals surface area contributed by atoms with Crippen LogP contribution in [0.1, 0.15) is 47.1 Å². The molecule has 5 heterocycles. The van der Waals surface area contributed by atoms with Gasteiger partial charge in [0.2, 0.25) is 10.0 Å². The van der Waals surface area contributed by atoms with E-state index < -0.39 is 40.4 Å². The van der Waals surface area contributed by atoms with Crippen molar-refractivity contribution in [3.05, 3.63) is 79.9 Å². The van der Waals surface area contributed by atoms with E-state index in [1.165, 1.54) is 38.6 Å². The fourth-order valence-corrected chi connectivity index (χ4v) is 8.40. The minimum atomic E-state index is -4.12. The molecule has 1 N–H and O–H groups in total. The molecule has 0 radical (unpaired) electrons. The zero-order valence-corrected chi connectivity index (χ0v) is 32.5. The summed E-state index contributed by atoms with van der Waals surface area (Å²) < 4.78 is 80.3. The summed E-state index contributed by atoms with van der Waals surface area (Å²) in [6.45, 7) is 2.96. The molecule has 0 aliphatic carbocycles. The van der Waals surface area contributed by atoms with Gasteiger partial charge >= 0.3 is 12.3 Å². The highest BCUT2D eigenvalue weighted by atomic mass is 35.5. The van der Waals surface area contributed by atoms with Crippen LogP contribution in [0.25, 0.3) is 32.2 Å². The summed E-state index contributed by atoms with van der Waals surface area (Å²) in [5, 5.41) is 12.3. The molecule has 56 heavy (non-hydrogen) atoms. The third kappa shape index (κ3) is 8.34. The zero-order chi connectivity index (χ0) is 40.5. The Morgan fingerprint density at radius 3 is 2.59 bits per heavy atom. The van der Waals surface area contributed by atoms with E-state index in [0.717, 1.165) is 6.26 Å². The number of hydrogen-bond acceptors (Lipinski definition) is 11. The highest BCUT2D eigenvalue weighted by Crippen LogP contribution is 2.37. The van der Waals surface area contributed by atoms with Crippen molar-refractivity contribution in [2.24, 2.45) is 0 Å². The van der Waals surface area contributed by atoms with Gasteiger partial charge in [-0.25, -0.2) is 31.9 Å². The predicted octanol–water partition coefficient (Wildman–Crippen LogP) is 5.83. The predicted molar refractivity (Wildman–Crippen MR) is 206 cm³/mol. The molecule has 292 valence electrons. The zero-order valence-electron chi connectivity index (χ0n) is 30.1. The maximum absolute atomic E-state index is 14.1. The average molecular weight is 829 g/mol. The molecule has 12 nitrogen and oxygen atoms in total. The number of piperidine rings is 1. The molecule has 1 amide bonds. The SMILES string of the molecule is CCN(c1ncc2nc(C)n(CC#Cc3ccc(Cl)cc3-c3ccnc4c(C(=O)NS(C)(=O)=O)csc34)c(=O)c2c1C#N)C1CCN(CC(F)(F)C(F)F)CC1. The number of hydrogen-bond donors (Lipinski definition) is 1. The van der Waals surface area contributed by atoms with Crippen molar-refractivity contribution < 1.29 is 30.8 Å². The van der Waals surface area contributed by atoms with Crippen LogP contribution < -0.4 is 15.2 Å². The Kier molecular flexibility index (Phi) is 11.7. The number of fused-ring (bicyclic) bond motifs is 2. The quantitative estimate of drug-likeness (QED) is 0.134. The largest absolute Gasteiger partial charge is 0.353 e. The van der Waals surface area contributed by atoms with Crippen LogP contribution >= 0.6 is 22.9 Å². The van der Waals surface area contributed by atoms with Crippen LogP contribution in [-0.4, -0.2) is 89.6 Å². The van der Waals surface area contributed by atoms with Crippen molar-refractivity contribution in [2.45, 2.75) is 51.6 Å². The molecule has 5 aromatic rings. The molecule has 19 heteroatoms. The standard InChI is InChI=1S/C37H33ClF4N8O4S2/c1-4-49(24-10-14-48(15-11-24)20-37(41,42)36(39)40)33-27(17-43)30-29(18-45-33)46-21(2)50(35(30)52)13-5-6-22-7-8-23(38)16-26(22)25-9-12-44-31-28(19-55-32(25)31)34(51)47-56(3,53)54/h7-9,12,16,18-19,24,36H,4,10-11,13-15,20H2,1-3H3,(H,47,51). The number of alkyl halides is 4. The van der Waals surface area contributed by atoms with E-state index in [2.05, 4.69) is 32.9 Å². The Balaban J connectivity index is 1.31. The van der Waals surface area contributed by atoms with Gasteiger partial charge in [-0.1, -0.05) is 23.4 Å². The first-order chi connectivity index (χ1) is 26.5. The summed E-state index contributed by atoms with van der Waals surface area (Å²) in [5.74, 6) is 1.75. The Hall–Kier alpha value is -5.14. The van der Waals surface area contributed by atoms with Crippen LogP contribution in [0.2, 0.25) is 5.02 Å². The number of nitrogens with zero attached hydrogens (tertiary/aromatic N) is 7. The number of nitrogens with one attached hydrogen (secondary N) is 1. The fraction of sp³-hybridized carbons (Fsp3) is 0.351. The van der Waals surface area contributed by atoms with E-state index in [9.17, 15) is 40.8 Å². The Morgan fingerprint density at radius 2 is 1.93 bits per heavy atom. The van der Waals surface area contributed by atoms with Gasteiger partial charge < -0.3 is 4.90 Å². The lowest BCUT2D eigenvalue weighted by Gasteiger charge is -2.39. The lowest BCUT2D eigenvalue weighted by molar-refractivity contribution is -0.143. The van der Waals surface area contributed by atoms with Crippen LogP contribution in [0, 0.1) is 30.1 Å². The smallest absolute Gasteiger partial charge is 0.319 e. The Bertz CT molecular complexity index is 2630. The van der Waals surface area contributed by atoms with Crippen LogP contribution in [0.3, 0.4) is 0 Å². The van der Waals surface area contributed by atoms with E-state index in [1.807, 2.05) is 16.5 Å². The van der Waals surface area contributed by atoms with Crippen molar-refractivity contribution in [3.63, 3.8) is 0 Å². The normalized spacial score (nSPS) is 14.1. The van der Waals surface area contributed by atoms with Crippen molar-refractivity contribution in [3.8, 4) is 29.0 Å². The summed E-state index contributed by atoms with van der Waals surface area (Å²) in [7, 11) is -3.82. The summed E-state index contributed by atoms with van der Waals surface area (Å²) in [6, 6.07) is 8.64. The molecule has 0 saturated carbocycles. The van der Waals surface area contributed by atoms with Gasteiger partial charge in [-0.15, -0.1) is 11.3 Å². The van der Waals surface area contributed by atoms with Crippen molar-refractivity contribution >= 4 is 65.8 Å². The molecular weight excluding hydrogens is 796 g/mol. The van der Waals surface area contributed by atoms with E-state index >= 15 is 0 Å². The van der Waals surface area contributed by atoms with Gasteiger partial charge in [-0.2, -0.15) is 14.0 Å². The third-order valence-corrected chi connectivity index (χ3v) is 11.1. The number of anilines is 1. The van der Waals surface area contributed by atoms with Gasteiger partial charge in [0.1, 0.15) is 23.3 Å². The van der Waals surface area contributed by atoms with Crippen molar-refractivity contribution in [2.75, 3.05) is 37.3 Å². The lowest BCUT2D eigenvalue weighted by atomic mass is 10.00. The van der Waals surface area contributed by atoms with Crippen LogP contribution in [0.15, 0.2) is 46.8 Å². The number of aryl methyl sites for hydroxylation is 1. The van der Waals surface area contributed by atoms with Gasteiger partial charge in [0, 0.05) is 59.0 Å². The average Bonchev–Trinajstić information content (AvgIpc) is 3.58. The molecule has 0 bridgehead atoms. The number of halogens is 5. The van der Waals surface area contributed by atoms with E-state index in [-0.39, 0.29) is 53.5 Å². The number of likely N-dealkylation sites (tertiary alicyclic amines) is 1. The molecule has 0 spiro atoms. The Labute approximate surface area is 327 Å². The van der Waals surface area contributed by atoms with Gasteiger partial charge in [0.25, 0.3) is 11.5 Å². The number of aromatic nitrogens is 4. The molecule has 1 aromatic carbocycles. The molecule has 1 aliphatic heterocycles. The van der Waals surface area contributed by atoms with Crippen LogP contribution in [0.5, 0.6) is 0 Å². The second-order valence-electron chi connectivity index (χ2n) is 13.1. The molecule has 1 fully saturated rings. The monoisotopic (exact) mass is 828 g/mol. The second-order valence-corrected chi connectivity index (χ2v) is 16.2. The van der Waals surface area contributed by atoms with Gasteiger partial charge in [0.15, 0.2) is 0 Å². The van der Waals surface area contributed by atoms with Crippen LogP contribution in [-0.2, 0) is 16.6 Å². The summed E-state index contributed by atoms with van der Waals surface area (Å²) >= 11 is 7.60. The molecule has 1 aliphatic rings. The van der Waals surface area contributed by atoms with Gasteiger partial charge in [-0.05, 0) is 51.0 Å². The highest BCUT2D eigenvalue weighted by Gasteiger charge is 2.43. The third-order valence-electron chi connectivity index (χ3n) is 9.36.